The Morgan fingerprint density at radius 3 is 2.00 bits per heavy atom. The molecule has 0 spiro atoms. The summed E-state index contributed by atoms with van der Waals surface area (Å²) in [5.41, 5.74) is 1.80. The van der Waals surface area contributed by atoms with Crippen LogP contribution >= 0.6 is 0 Å². The fraction of sp³-hybridized carbons (Fsp3) is 0.500. The van der Waals surface area contributed by atoms with Gasteiger partial charge in [0.2, 0.25) is 5.91 Å². The summed E-state index contributed by atoms with van der Waals surface area (Å²) in [4.78, 5) is 11.7. The molecule has 2 heteroatoms. The quantitative estimate of drug-likeness (QED) is 0.805. The largest absolute Gasteiger partial charge is 0.326 e. The maximum atomic E-state index is 11.7. The van der Waals surface area contributed by atoms with Gasteiger partial charge < -0.3 is 5.32 Å². The number of carbonyl (C=O) groups is 1. The highest BCUT2D eigenvalue weighted by Crippen LogP contribution is 2.20. The lowest BCUT2D eigenvalue weighted by molar-refractivity contribution is -0.123. The van der Waals surface area contributed by atoms with Crippen LogP contribution < -0.4 is 5.32 Å². The van der Waals surface area contributed by atoms with Crippen LogP contribution in [-0.4, -0.2) is 5.91 Å². The molecule has 0 unspecified atom stereocenters. The van der Waals surface area contributed by atoms with E-state index in [1.165, 1.54) is 5.56 Å². The molecule has 88 valence electrons. The molecule has 0 aromatic heterocycles. The Hall–Kier alpha value is -1.31. The van der Waals surface area contributed by atoms with Crippen molar-refractivity contribution in [2.75, 3.05) is 5.32 Å². The smallest absolute Gasteiger partial charge is 0.229 e. The highest BCUT2D eigenvalue weighted by molar-refractivity contribution is 5.94. The maximum Gasteiger partial charge on any atom is 0.229 e. The van der Waals surface area contributed by atoms with Crippen molar-refractivity contribution in [3.8, 4) is 0 Å². The summed E-state index contributed by atoms with van der Waals surface area (Å²) in [6.07, 6.45) is 0. The van der Waals surface area contributed by atoms with Crippen LogP contribution in [0.3, 0.4) is 0 Å². The van der Waals surface area contributed by atoms with Crippen molar-refractivity contribution in [2.24, 2.45) is 5.41 Å². The van der Waals surface area contributed by atoms with Crippen LogP contribution in [0.2, 0.25) is 0 Å². The first-order chi connectivity index (χ1) is 7.30. The summed E-state index contributed by atoms with van der Waals surface area (Å²) in [6.45, 7) is 10.0. The lowest BCUT2D eigenvalue weighted by Gasteiger charge is -2.18. The number of benzene rings is 1. The van der Waals surface area contributed by atoms with Crippen molar-refractivity contribution in [1.82, 2.24) is 0 Å². The zero-order valence-corrected chi connectivity index (χ0v) is 10.8. The minimum atomic E-state index is -0.350. The molecule has 0 fully saturated rings. The molecule has 0 saturated carbocycles. The number of hydrogen-bond acceptors (Lipinski definition) is 1. The molecular weight excluding hydrogens is 198 g/mol. The van der Waals surface area contributed by atoms with E-state index in [1.807, 2.05) is 32.9 Å². The molecule has 16 heavy (non-hydrogen) atoms. The molecule has 0 heterocycles. The monoisotopic (exact) mass is 219 g/mol. The molecule has 1 N–H and O–H groups in total. The zero-order chi connectivity index (χ0) is 12.3. The zero-order valence-electron chi connectivity index (χ0n) is 10.8. The van der Waals surface area contributed by atoms with E-state index >= 15 is 0 Å². The fourth-order valence-corrected chi connectivity index (χ4v) is 1.27. The lowest BCUT2D eigenvalue weighted by Crippen LogP contribution is -2.27. The first-order valence-electron chi connectivity index (χ1n) is 5.72. The van der Waals surface area contributed by atoms with Gasteiger partial charge in [0.15, 0.2) is 0 Å². The molecule has 0 bridgehead atoms. The van der Waals surface area contributed by atoms with E-state index in [9.17, 15) is 4.79 Å². The van der Waals surface area contributed by atoms with Gasteiger partial charge in [-0.15, -0.1) is 0 Å². The summed E-state index contributed by atoms with van der Waals surface area (Å²) in [7, 11) is 0. The predicted molar refractivity (Wildman–Crippen MR) is 68.6 cm³/mol. The second kappa shape index (κ2) is 4.69. The summed E-state index contributed by atoms with van der Waals surface area (Å²) < 4.78 is 0. The molecule has 1 aromatic rings. The van der Waals surface area contributed by atoms with Gasteiger partial charge in [0.1, 0.15) is 0 Å². The summed E-state index contributed by atoms with van der Waals surface area (Å²) in [5.74, 6) is 0.567. The third-order valence-corrected chi connectivity index (χ3v) is 2.52. The van der Waals surface area contributed by atoms with Gasteiger partial charge in [-0.25, -0.2) is 0 Å². The van der Waals surface area contributed by atoms with Crippen molar-refractivity contribution < 1.29 is 4.79 Å². The maximum absolute atomic E-state index is 11.7. The van der Waals surface area contributed by atoms with E-state index in [-0.39, 0.29) is 11.3 Å². The molecular formula is C14H21NO. The van der Waals surface area contributed by atoms with Gasteiger partial charge in [-0.1, -0.05) is 46.8 Å². The SMILES string of the molecule is CC(C)c1ccc(NC(=O)C(C)(C)C)cc1. The third kappa shape index (κ3) is 3.37. The fourth-order valence-electron chi connectivity index (χ4n) is 1.27. The van der Waals surface area contributed by atoms with Crippen molar-refractivity contribution in [2.45, 2.75) is 40.5 Å². The van der Waals surface area contributed by atoms with E-state index in [4.69, 9.17) is 0 Å². The van der Waals surface area contributed by atoms with Crippen LogP contribution in [0.1, 0.15) is 46.1 Å². The Morgan fingerprint density at radius 1 is 1.12 bits per heavy atom. The third-order valence-electron chi connectivity index (χ3n) is 2.52. The van der Waals surface area contributed by atoms with Crippen molar-refractivity contribution >= 4 is 11.6 Å². The molecule has 0 aliphatic carbocycles. The number of amides is 1. The van der Waals surface area contributed by atoms with E-state index in [2.05, 4.69) is 31.3 Å². The van der Waals surface area contributed by atoms with Crippen LogP contribution in [0.4, 0.5) is 5.69 Å². The van der Waals surface area contributed by atoms with Gasteiger partial charge in [0.25, 0.3) is 0 Å². The van der Waals surface area contributed by atoms with Gasteiger partial charge in [0, 0.05) is 11.1 Å². The molecule has 0 atom stereocenters. The Morgan fingerprint density at radius 2 is 1.62 bits per heavy atom. The van der Waals surface area contributed by atoms with E-state index < -0.39 is 0 Å². The highest BCUT2D eigenvalue weighted by Gasteiger charge is 2.20. The van der Waals surface area contributed by atoms with Crippen molar-refractivity contribution in [3.63, 3.8) is 0 Å². The van der Waals surface area contributed by atoms with Gasteiger partial charge >= 0.3 is 0 Å². The highest BCUT2D eigenvalue weighted by atomic mass is 16.2. The van der Waals surface area contributed by atoms with Gasteiger partial charge in [-0.3, -0.25) is 4.79 Å². The average Bonchev–Trinajstić information content (AvgIpc) is 2.17. The molecule has 2 nitrogen and oxygen atoms in total. The number of rotatable bonds is 2. The first-order valence-corrected chi connectivity index (χ1v) is 5.72. The van der Waals surface area contributed by atoms with Crippen LogP contribution in [0.15, 0.2) is 24.3 Å². The number of hydrogen-bond donors (Lipinski definition) is 1. The van der Waals surface area contributed by atoms with Crippen molar-refractivity contribution in [1.29, 1.82) is 0 Å². The molecule has 1 rings (SSSR count). The molecule has 0 radical (unpaired) electrons. The Bertz CT molecular complexity index is 357. The van der Waals surface area contributed by atoms with Crippen LogP contribution in [0.5, 0.6) is 0 Å². The van der Waals surface area contributed by atoms with E-state index in [0.29, 0.717) is 5.92 Å². The van der Waals surface area contributed by atoms with E-state index in [0.717, 1.165) is 5.69 Å². The standard InChI is InChI=1S/C14H21NO/c1-10(2)11-6-8-12(9-7-11)15-13(16)14(3,4)5/h6-10H,1-5H3,(H,15,16). The Labute approximate surface area is 98.1 Å². The minimum Gasteiger partial charge on any atom is -0.326 e. The first kappa shape index (κ1) is 12.8. The second-order valence-electron chi connectivity index (χ2n) is 5.48. The number of nitrogens with one attached hydrogen (secondary N) is 1. The van der Waals surface area contributed by atoms with Gasteiger partial charge in [0.05, 0.1) is 0 Å². The van der Waals surface area contributed by atoms with Gasteiger partial charge in [-0.05, 0) is 23.6 Å². The minimum absolute atomic E-state index is 0.0461. The topological polar surface area (TPSA) is 29.1 Å². The van der Waals surface area contributed by atoms with Gasteiger partial charge in [-0.2, -0.15) is 0 Å². The average molecular weight is 219 g/mol. The molecule has 1 amide bonds. The second-order valence-corrected chi connectivity index (χ2v) is 5.48. The summed E-state index contributed by atoms with van der Waals surface area (Å²) >= 11 is 0. The lowest BCUT2D eigenvalue weighted by atomic mass is 9.95. The Balaban J connectivity index is 2.73. The summed E-state index contributed by atoms with van der Waals surface area (Å²) in [5, 5.41) is 2.91. The predicted octanol–water partition coefficient (Wildman–Crippen LogP) is 3.79. The molecule has 0 saturated heterocycles. The van der Waals surface area contributed by atoms with Crippen LogP contribution in [-0.2, 0) is 4.79 Å². The van der Waals surface area contributed by atoms with E-state index in [1.54, 1.807) is 0 Å². The summed E-state index contributed by atoms with van der Waals surface area (Å²) in [6, 6.07) is 8.03. The normalized spacial score (nSPS) is 11.6. The number of carbonyl (C=O) groups excluding carboxylic acids is 1. The molecule has 1 aromatic carbocycles. The Kier molecular flexibility index (Phi) is 3.74. The van der Waals surface area contributed by atoms with Crippen LogP contribution in [0.25, 0.3) is 0 Å². The number of anilines is 1. The van der Waals surface area contributed by atoms with Crippen LogP contribution in [0, 0.1) is 5.41 Å². The van der Waals surface area contributed by atoms with Crippen molar-refractivity contribution in [3.05, 3.63) is 29.8 Å². The molecule has 0 aliphatic heterocycles. The molecule has 0 aliphatic rings.